The molecule has 7 heteroatoms. The fourth-order valence-corrected chi connectivity index (χ4v) is 2.83. The second-order valence-electron chi connectivity index (χ2n) is 6.53. The SMILES string of the molecule is Cc1ccc(NC(=O)c2cc(Nc3ccc4c(c3)OCCO4)ncn2)cc1C. The van der Waals surface area contributed by atoms with Crippen LogP contribution in [0.15, 0.2) is 48.8 Å². The Hall–Kier alpha value is -3.61. The van der Waals surface area contributed by atoms with Crippen molar-refractivity contribution in [2.75, 3.05) is 23.8 Å². The molecule has 1 aromatic heterocycles. The maximum atomic E-state index is 12.5. The summed E-state index contributed by atoms with van der Waals surface area (Å²) in [5, 5.41) is 6.03. The third-order valence-corrected chi connectivity index (χ3v) is 4.48. The normalized spacial score (nSPS) is 12.4. The number of carbonyl (C=O) groups is 1. The number of ether oxygens (including phenoxy) is 2. The van der Waals surface area contributed by atoms with Gasteiger partial charge in [-0.2, -0.15) is 0 Å². The molecule has 0 saturated carbocycles. The number of aromatic nitrogens is 2. The van der Waals surface area contributed by atoms with Gasteiger partial charge in [0.2, 0.25) is 0 Å². The Kier molecular flexibility index (Phi) is 4.80. The van der Waals surface area contributed by atoms with Gasteiger partial charge in [0.15, 0.2) is 11.5 Å². The highest BCUT2D eigenvalue weighted by atomic mass is 16.6. The summed E-state index contributed by atoms with van der Waals surface area (Å²) < 4.78 is 11.1. The summed E-state index contributed by atoms with van der Waals surface area (Å²) in [7, 11) is 0. The lowest BCUT2D eigenvalue weighted by Crippen LogP contribution is -2.15. The van der Waals surface area contributed by atoms with Crippen LogP contribution in [0.3, 0.4) is 0 Å². The minimum Gasteiger partial charge on any atom is -0.486 e. The quantitative estimate of drug-likeness (QED) is 0.719. The van der Waals surface area contributed by atoms with Crippen LogP contribution >= 0.6 is 0 Å². The molecule has 0 aliphatic carbocycles. The Morgan fingerprint density at radius 2 is 1.68 bits per heavy atom. The molecular formula is C21H20N4O3. The molecule has 4 rings (SSSR count). The third kappa shape index (κ3) is 3.88. The number of hydrogen-bond donors (Lipinski definition) is 2. The minimum absolute atomic E-state index is 0.272. The summed E-state index contributed by atoms with van der Waals surface area (Å²) in [4.78, 5) is 20.8. The number of aryl methyl sites for hydroxylation is 2. The number of rotatable bonds is 4. The van der Waals surface area contributed by atoms with E-state index in [9.17, 15) is 4.79 Å². The standard InChI is InChI=1S/C21H20N4O3/c1-13-3-4-15(9-14(13)2)25-21(26)17-11-20(23-12-22-17)24-16-5-6-18-19(10-16)28-8-7-27-18/h3-6,9-12H,7-8H2,1-2H3,(H,25,26)(H,22,23,24). The predicted molar refractivity (Wildman–Crippen MR) is 107 cm³/mol. The first-order chi connectivity index (χ1) is 13.6. The van der Waals surface area contributed by atoms with Crippen LogP contribution in [0.1, 0.15) is 21.6 Å². The molecule has 0 unspecified atom stereocenters. The number of hydrogen-bond acceptors (Lipinski definition) is 6. The van der Waals surface area contributed by atoms with Gasteiger partial charge in [-0.15, -0.1) is 0 Å². The van der Waals surface area contributed by atoms with Crippen LogP contribution in [0.5, 0.6) is 11.5 Å². The van der Waals surface area contributed by atoms with Crippen molar-refractivity contribution in [1.29, 1.82) is 0 Å². The fraction of sp³-hybridized carbons (Fsp3) is 0.190. The van der Waals surface area contributed by atoms with Gasteiger partial charge in [-0.3, -0.25) is 4.79 Å². The molecule has 0 bridgehead atoms. The Labute approximate surface area is 162 Å². The van der Waals surface area contributed by atoms with Gasteiger partial charge in [0.25, 0.3) is 5.91 Å². The maximum absolute atomic E-state index is 12.5. The zero-order valence-electron chi connectivity index (χ0n) is 15.7. The highest BCUT2D eigenvalue weighted by Crippen LogP contribution is 2.33. The van der Waals surface area contributed by atoms with E-state index in [4.69, 9.17) is 9.47 Å². The number of anilines is 3. The number of benzene rings is 2. The molecule has 7 nitrogen and oxygen atoms in total. The number of fused-ring (bicyclic) bond motifs is 1. The first-order valence-electron chi connectivity index (χ1n) is 8.96. The van der Waals surface area contributed by atoms with Crippen LogP contribution in [0.25, 0.3) is 0 Å². The molecule has 0 radical (unpaired) electrons. The van der Waals surface area contributed by atoms with Crippen molar-refractivity contribution >= 4 is 23.1 Å². The van der Waals surface area contributed by atoms with Crippen molar-refractivity contribution in [3.63, 3.8) is 0 Å². The molecule has 28 heavy (non-hydrogen) atoms. The van der Waals surface area contributed by atoms with E-state index in [1.165, 1.54) is 11.9 Å². The zero-order chi connectivity index (χ0) is 19.5. The second-order valence-corrected chi connectivity index (χ2v) is 6.53. The van der Waals surface area contributed by atoms with Crippen molar-refractivity contribution < 1.29 is 14.3 Å². The lowest BCUT2D eigenvalue weighted by molar-refractivity contribution is 0.102. The summed E-state index contributed by atoms with van der Waals surface area (Å²) in [6.07, 6.45) is 1.36. The van der Waals surface area contributed by atoms with E-state index < -0.39 is 0 Å². The monoisotopic (exact) mass is 376 g/mol. The number of nitrogens with one attached hydrogen (secondary N) is 2. The van der Waals surface area contributed by atoms with Crippen LogP contribution in [0.4, 0.5) is 17.2 Å². The molecule has 142 valence electrons. The van der Waals surface area contributed by atoms with E-state index in [0.29, 0.717) is 30.5 Å². The largest absolute Gasteiger partial charge is 0.486 e. The topological polar surface area (TPSA) is 85.4 Å². The number of carbonyl (C=O) groups excluding carboxylic acids is 1. The lowest BCUT2D eigenvalue weighted by Gasteiger charge is -2.19. The van der Waals surface area contributed by atoms with Crippen LogP contribution in [-0.2, 0) is 0 Å². The van der Waals surface area contributed by atoms with Crippen molar-refractivity contribution in [1.82, 2.24) is 9.97 Å². The highest BCUT2D eigenvalue weighted by Gasteiger charge is 2.13. The van der Waals surface area contributed by atoms with E-state index in [-0.39, 0.29) is 11.6 Å². The number of nitrogens with zero attached hydrogens (tertiary/aromatic N) is 2. The summed E-state index contributed by atoms with van der Waals surface area (Å²) in [6.45, 7) is 5.10. The van der Waals surface area contributed by atoms with E-state index >= 15 is 0 Å². The predicted octanol–water partition coefficient (Wildman–Crippen LogP) is 3.86. The van der Waals surface area contributed by atoms with E-state index in [1.807, 2.05) is 50.2 Å². The van der Waals surface area contributed by atoms with E-state index in [1.54, 1.807) is 6.07 Å². The summed E-state index contributed by atoms with van der Waals surface area (Å²) in [5.41, 5.74) is 4.07. The molecule has 2 N–H and O–H groups in total. The molecule has 3 aromatic rings. The van der Waals surface area contributed by atoms with Gasteiger partial charge in [-0.05, 0) is 49.2 Å². The molecule has 2 heterocycles. The number of amides is 1. The highest BCUT2D eigenvalue weighted by molar-refractivity contribution is 6.03. The molecule has 1 aliphatic heterocycles. The lowest BCUT2D eigenvalue weighted by atomic mass is 10.1. The molecule has 1 amide bonds. The van der Waals surface area contributed by atoms with Gasteiger partial charge >= 0.3 is 0 Å². The van der Waals surface area contributed by atoms with Crippen LogP contribution in [0.2, 0.25) is 0 Å². The van der Waals surface area contributed by atoms with Crippen molar-refractivity contribution in [3.05, 3.63) is 65.6 Å². The second kappa shape index (κ2) is 7.56. The van der Waals surface area contributed by atoms with Crippen LogP contribution in [-0.4, -0.2) is 29.1 Å². The first kappa shape index (κ1) is 17.8. The Bertz CT molecular complexity index is 1040. The van der Waals surface area contributed by atoms with Gasteiger partial charge < -0.3 is 20.1 Å². The molecule has 1 aliphatic rings. The third-order valence-electron chi connectivity index (χ3n) is 4.48. The Morgan fingerprint density at radius 3 is 2.50 bits per heavy atom. The summed E-state index contributed by atoms with van der Waals surface area (Å²) in [6, 6.07) is 12.9. The smallest absolute Gasteiger partial charge is 0.274 e. The average Bonchev–Trinajstić information content (AvgIpc) is 2.71. The Balaban J connectivity index is 1.49. The van der Waals surface area contributed by atoms with Gasteiger partial charge in [-0.25, -0.2) is 9.97 Å². The molecule has 2 aromatic carbocycles. The molecular weight excluding hydrogens is 356 g/mol. The van der Waals surface area contributed by atoms with Crippen molar-refractivity contribution in [2.45, 2.75) is 13.8 Å². The zero-order valence-corrected chi connectivity index (χ0v) is 15.7. The maximum Gasteiger partial charge on any atom is 0.274 e. The molecule has 0 saturated heterocycles. The van der Waals surface area contributed by atoms with Gasteiger partial charge in [0.1, 0.15) is 31.1 Å². The van der Waals surface area contributed by atoms with Crippen molar-refractivity contribution in [3.8, 4) is 11.5 Å². The van der Waals surface area contributed by atoms with E-state index in [0.717, 1.165) is 16.9 Å². The fourth-order valence-electron chi connectivity index (χ4n) is 2.83. The van der Waals surface area contributed by atoms with Gasteiger partial charge in [0, 0.05) is 23.5 Å². The van der Waals surface area contributed by atoms with Crippen LogP contribution in [0, 0.1) is 13.8 Å². The summed E-state index contributed by atoms with van der Waals surface area (Å²) in [5.74, 6) is 1.61. The van der Waals surface area contributed by atoms with Gasteiger partial charge in [0.05, 0.1) is 0 Å². The molecule has 0 spiro atoms. The average molecular weight is 376 g/mol. The first-order valence-corrected chi connectivity index (χ1v) is 8.96. The molecule has 0 fully saturated rings. The minimum atomic E-state index is -0.295. The Morgan fingerprint density at radius 1 is 0.893 bits per heavy atom. The van der Waals surface area contributed by atoms with Crippen LogP contribution < -0.4 is 20.1 Å². The molecule has 0 atom stereocenters. The summed E-state index contributed by atoms with van der Waals surface area (Å²) >= 11 is 0. The van der Waals surface area contributed by atoms with Gasteiger partial charge in [-0.1, -0.05) is 6.07 Å². The van der Waals surface area contributed by atoms with Crippen molar-refractivity contribution in [2.24, 2.45) is 0 Å². The van der Waals surface area contributed by atoms with E-state index in [2.05, 4.69) is 20.6 Å².